The number of hydrogen-bond acceptors (Lipinski definition) is 5. The molecular formula is C123H101BN6S2. The van der Waals surface area contributed by atoms with Gasteiger partial charge in [0.1, 0.15) is 0 Å². The van der Waals surface area contributed by atoms with Crippen LogP contribution in [0.4, 0.5) is 34.1 Å². The number of rotatable bonds is 9. The van der Waals surface area contributed by atoms with Gasteiger partial charge >= 0.3 is 0 Å². The number of benzene rings is 17. The van der Waals surface area contributed by atoms with Gasteiger partial charge in [0.15, 0.2) is 0 Å². The third kappa shape index (κ3) is 12.6. The van der Waals surface area contributed by atoms with E-state index in [4.69, 9.17) is 0 Å². The van der Waals surface area contributed by atoms with Gasteiger partial charge in [-0.1, -0.05) is 322 Å². The fourth-order valence-electron chi connectivity index (χ4n) is 21.8. The van der Waals surface area contributed by atoms with Gasteiger partial charge < -0.3 is 23.5 Å². The summed E-state index contributed by atoms with van der Waals surface area (Å²) in [4.78, 5) is 5.55. The molecule has 2 aliphatic rings. The van der Waals surface area contributed by atoms with E-state index < -0.39 is 6.71 Å². The summed E-state index contributed by atoms with van der Waals surface area (Å²) in [5.41, 5.74) is 34.5. The zero-order chi connectivity index (χ0) is 90.2. The first kappa shape index (κ1) is 81.0. The van der Waals surface area contributed by atoms with Crippen LogP contribution in [0.5, 0.6) is 0 Å². The molecule has 0 atom stereocenters. The SMILES string of the molecule is CC(C)(C)c1cc(-c2ccc3c(c2)B2c4ccc(-c5ccccc5)cc4N(c4c(-c5cccc6sc7cc(C(C)(C)C)ccc7c56)cc(C(C)(C)C)cc4-n4c5ccccc5c5ccccc54)c4cc(-n5c6ccc(C#N)cc6c6cc(C(C)(C)C)ccc65)cc(c42)N3c2c(-c3cccc4sc5ccccc5c34)cccc2-n2c3ccccc3c3ccccc32)cc(C(C)(C)C)c1. The minimum atomic E-state index is -0.409. The fraction of sp³-hybridized carbons (Fsp3) is 0.163. The van der Waals surface area contributed by atoms with Gasteiger partial charge in [-0.25, -0.2) is 0 Å². The van der Waals surface area contributed by atoms with Gasteiger partial charge in [-0.05, 0) is 226 Å². The summed E-state index contributed by atoms with van der Waals surface area (Å²) in [6.45, 7) is 34.9. The zero-order valence-electron chi connectivity index (χ0n) is 77.4. The number of fused-ring (bicyclic) bond motifs is 19. The van der Waals surface area contributed by atoms with Crippen LogP contribution in [0.25, 0.3) is 167 Å². The van der Waals surface area contributed by atoms with Crippen LogP contribution in [0.1, 0.15) is 137 Å². The predicted molar refractivity (Wildman–Crippen MR) is 569 cm³/mol. The third-order valence-electron chi connectivity index (χ3n) is 28.6. The van der Waals surface area contributed by atoms with Gasteiger partial charge in [-0.15, -0.1) is 22.7 Å². The molecule has 638 valence electrons. The lowest BCUT2D eigenvalue weighted by molar-refractivity contribution is 0.569. The van der Waals surface area contributed by atoms with Crippen molar-refractivity contribution in [2.24, 2.45) is 0 Å². The Labute approximate surface area is 780 Å². The number of aromatic nitrogens is 3. The predicted octanol–water partition coefficient (Wildman–Crippen LogP) is 32.8. The summed E-state index contributed by atoms with van der Waals surface area (Å²) in [6.07, 6.45) is 0. The van der Waals surface area contributed by atoms with E-state index in [2.05, 4.69) is 467 Å². The van der Waals surface area contributed by atoms with Crippen molar-refractivity contribution in [1.29, 1.82) is 5.26 Å². The van der Waals surface area contributed by atoms with Crippen molar-refractivity contribution < 1.29 is 0 Å². The second kappa shape index (κ2) is 29.4. The Morgan fingerprint density at radius 1 is 0.250 bits per heavy atom. The maximum atomic E-state index is 11.2. The fourth-order valence-corrected chi connectivity index (χ4v) is 24.1. The molecule has 24 rings (SSSR count). The Morgan fingerprint density at radius 3 is 1.30 bits per heavy atom. The van der Waals surface area contributed by atoms with Crippen molar-refractivity contribution >= 4 is 186 Å². The zero-order valence-corrected chi connectivity index (χ0v) is 79.0. The Balaban J connectivity index is 0.942. The normalized spacial score (nSPS) is 13.2. The van der Waals surface area contributed by atoms with Crippen LogP contribution in [-0.2, 0) is 27.1 Å². The second-order valence-electron chi connectivity index (χ2n) is 41.9. The lowest BCUT2D eigenvalue weighted by Crippen LogP contribution is -2.61. The van der Waals surface area contributed by atoms with E-state index in [1.807, 2.05) is 28.7 Å². The van der Waals surface area contributed by atoms with Gasteiger partial charge in [0.2, 0.25) is 0 Å². The number of thiophene rings is 2. The molecule has 0 bridgehead atoms. The van der Waals surface area contributed by atoms with Crippen molar-refractivity contribution in [3.8, 4) is 67.6 Å². The highest BCUT2D eigenvalue weighted by Gasteiger charge is 2.47. The molecule has 7 heterocycles. The molecule has 0 N–H and O–H groups in total. The molecule has 0 radical (unpaired) electrons. The first-order chi connectivity index (χ1) is 63.6. The Morgan fingerprint density at radius 2 is 0.705 bits per heavy atom. The van der Waals surface area contributed by atoms with Crippen LogP contribution in [-0.4, -0.2) is 20.4 Å². The lowest BCUT2D eigenvalue weighted by atomic mass is 9.33. The molecule has 0 saturated carbocycles. The minimum absolute atomic E-state index is 0.0784. The minimum Gasteiger partial charge on any atom is -0.309 e. The average molecular weight is 1740 g/mol. The first-order valence-electron chi connectivity index (χ1n) is 46.5. The smallest absolute Gasteiger partial charge is 0.252 e. The Hall–Kier alpha value is -14.3. The van der Waals surface area contributed by atoms with Crippen molar-refractivity contribution in [2.45, 2.75) is 131 Å². The summed E-state index contributed by atoms with van der Waals surface area (Å²) in [5, 5.41) is 22.9. The topological polar surface area (TPSA) is 45.1 Å². The molecule has 0 fully saturated rings. The molecule has 5 aromatic heterocycles. The summed E-state index contributed by atoms with van der Waals surface area (Å²) in [6, 6.07) is 134. The van der Waals surface area contributed by atoms with Gasteiger partial charge in [0, 0.05) is 107 Å². The number of nitriles is 1. The molecule has 0 saturated heterocycles. The Bertz CT molecular complexity index is 8580. The molecular weight excluding hydrogens is 1640 g/mol. The Kier molecular flexibility index (Phi) is 18.0. The summed E-state index contributed by atoms with van der Waals surface area (Å²) < 4.78 is 12.7. The highest BCUT2D eigenvalue weighted by Crippen LogP contribution is 2.58. The van der Waals surface area contributed by atoms with Crippen molar-refractivity contribution in [1.82, 2.24) is 13.7 Å². The monoisotopic (exact) mass is 1740 g/mol. The van der Waals surface area contributed by atoms with Crippen LogP contribution in [0.3, 0.4) is 0 Å². The average Bonchev–Trinajstić information content (AvgIpc) is 0.953. The highest BCUT2D eigenvalue weighted by atomic mass is 32.1. The quantitative estimate of drug-likeness (QED) is 0.135. The van der Waals surface area contributed by atoms with E-state index in [1.54, 1.807) is 0 Å². The molecule has 22 aromatic rings. The second-order valence-corrected chi connectivity index (χ2v) is 44.1. The number of anilines is 6. The number of nitrogens with zero attached hydrogens (tertiary/aromatic N) is 6. The van der Waals surface area contributed by atoms with Crippen LogP contribution in [0.15, 0.2) is 340 Å². The number of para-hydroxylation sites is 5. The largest absolute Gasteiger partial charge is 0.309 e. The van der Waals surface area contributed by atoms with Crippen LogP contribution < -0.4 is 26.2 Å². The van der Waals surface area contributed by atoms with Crippen LogP contribution >= 0.6 is 22.7 Å². The molecule has 0 amide bonds. The maximum Gasteiger partial charge on any atom is 0.252 e. The molecule has 17 aromatic carbocycles. The molecule has 2 aliphatic heterocycles. The molecule has 6 nitrogen and oxygen atoms in total. The summed E-state index contributed by atoms with van der Waals surface area (Å²) >= 11 is 3.77. The third-order valence-corrected chi connectivity index (χ3v) is 30.8. The van der Waals surface area contributed by atoms with Gasteiger partial charge in [-0.2, -0.15) is 5.26 Å². The van der Waals surface area contributed by atoms with E-state index in [0.717, 1.165) is 134 Å². The first-order valence-corrected chi connectivity index (χ1v) is 48.2. The van der Waals surface area contributed by atoms with Crippen molar-refractivity contribution in [3.63, 3.8) is 0 Å². The van der Waals surface area contributed by atoms with Crippen LogP contribution in [0, 0.1) is 11.3 Å². The molecule has 132 heavy (non-hydrogen) atoms. The maximum absolute atomic E-state index is 11.2. The number of hydrogen-bond donors (Lipinski definition) is 0. The molecule has 0 aliphatic carbocycles. The molecule has 0 unspecified atom stereocenters. The summed E-state index contributed by atoms with van der Waals surface area (Å²) in [7, 11) is 0. The van der Waals surface area contributed by atoms with Gasteiger partial charge in [0.25, 0.3) is 6.71 Å². The van der Waals surface area contributed by atoms with E-state index in [-0.39, 0.29) is 27.1 Å². The highest BCUT2D eigenvalue weighted by molar-refractivity contribution is 7.26. The summed E-state index contributed by atoms with van der Waals surface area (Å²) in [5.74, 6) is 0. The van der Waals surface area contributed by atoms with Crippen LogP contribution in [0.2, 0.25) is 0 Å². The molecule has 0 spiro atoms. The molecule has 9 heteroatoms. The van der Waals surface area contributed by atoms with Gasteiger partial charge in [-0.3, -0.25) is 0 Å². The van der Waals surface area contributed by atoms with E-state index >= 15 is 0 Å². The van der Waals surface area contributed by atoms with Crippen molar-refractivity contribution in [3.05, 3.63) is 373 Å². The van der Waals surface area contributed by atoms with Gasteiger partial charge in [0.05, 0.1) is 73.2 Å². The van der Waals surface area contributed by atoms with E-state index in [9.17, 15) is 5.26 Å². The van der Waals surface area contributed by atoms with E-state index in [1.165, 1.54) is 112 Å². The standard InChI is InChI=1S/C123H101BN6S2/c1-119(2,3)78-54-59-103-94(66-78)93-60-73(72-125)50-57-102(93)126(103)83-70-107-116-108(71-83)130(118-95(89-40-31-49-112-115(89)92-55-53-79(120(4,5)6)69-113(92)132-112)67-82(123(13,14)15)68-109(118)128-100-44-26-21-36-86(100)87-37-22-27-45-101(87)128)106-64-76(74-32-17-16-18-33-74)51-56-96(106)124(116)97-63-75(77-61-80(121(7,8)9)65-81(62-77)122(10,11)12)52-58-104(97)129(107)117-90(88-39-30-48-111-114(88)91-38-23-28-47-110(91)131-111)41-29-46-105(117)127-98-42-24-19-34-84(98)85-35-20-25-43-99(85)127/h16-71H,1-15H3. The lowest BCUT2D eigenvalue weighted by Gasteiger charge is -2.46. The van der Waals surface area contributed by atoms with Crippen molar-refractivity contribution in [2.75, 3.05) is 9.80 Å². The van der Waals surface area contributed by atoms with E-state index in [0.29, 0.717) is 5.56 Å².